The van der Waals surface area contributed by atoms with E-state index in [0.717, 1.165) is 36.5 Å². The second-order valence-electron chi connectivity index (χ2n) is 3.60. The average molecular weight is 258 g/mol. The fourth-order valence-electron chi connectivity index (χ4n) is 1.27. The van der Waals surface area contributed by atoms with Crippen LogP contribution in [0.5, 0.6) is 0 Å². The van der Waals surface area contributed by atoms with Gasteiger partial charge >= 0.3 is 0 Å². The molecule has 16 heavy (non-hydrogen) atoms. The molecule has 0 aliphatic heterocycles. The highest BCUT2D eigenvalue weighted by molar-refractivity contribution is 7.80. The summed E-state index contributed by atoms with van der Waals surface area (Å²) in [6.45, 7) is 1.37. The summed E-state index contributed by atoms with van der Waals surface area (Å²) in [7, 11) is 0. The van der Waals surface area contributed by atoms with E-state index in [1.807, 2.05) is 24.3 Å². The molecule has 88 valence electrons. The zero-order valence-electron chi connectivity index (χ0n) is 9.12. The third kappa shape index (κ3) is 6.05. The Labute approximate surface area is 107 Å². The minimum atomic E-state index is 0.581. The van der Waals surface area contributed by atoms with Crippen LogP contribution in [0.2, 0.25) is 5.02 Å². The SMILES string of the molecule is NC(=S)CCCCOCc1ccc(Cl)cc1. The van der Waals surface area contributed by atoms with Crippen molar-refractivity contribution in [1.82, 2.24) is 0 Å². The smallest absolute Gasteiger partial charge is 0.0727 e. The van der Waals surface area contributed by atoms with Crippen LogP contribution >= 0.6 is 23.8 Å². The molecular formula is C12H16ClNOS. The van der Waals surface area contributed by atoms with Gasteiger partial charge in [-0.1, -0.05) is 36.0 Å². The largest absolute Gasteiger partial charge is 0.393 e. The Morgan fingerprint density at radius 1 is 1.25 bits per heavy atom. The molecule has 4 heteroatoms. The molecule has 1 rings (SSSR count). The highest BCUT2D eigenvalue weighted by atomic mass is 35.5. The Morgan fingerprint density at radius 3 is 2.56 bits per heavy atom. The van der Waals surface area contributed by atoms with Crippen molar-refractivity contribution in [2.75, 3.05) is 6.61 Å². The highest BCUT2D eigenvalue weighted by Crippen LogP contribution is 2.10. The number of thiocarbonyl (C=S) groups is 1. The minimum absolute atomic E-state index is 0.581. The number of benzene rings is 1. The van der Waals surface area contributed by atoms with E-state index in [-0.39, 0.29) is 0 Å². The number of hydrogen-bond acceptors (Lipinski definition) is 2. The van der Waals surface area contributed by atoms with E-state index in [0.29, 0.717) is 11.6 Å². The number of rotatable bonds is 7. The lowest BCUT2D eigenvalue weighted by Gasteiger charge is -2.04. The van der Waals surface area contributed by atoms with Crippen molar-refractivity contribution < 1.29 is 4.74 Å². The van der Waals surface area contributed by atoms with Crippen molar-refractivity contribution in [3.8, 4) is 0 Å². The van der Waals surface area contributed by atoms with Crippen LogP contribution < -0.4 is 5.73 Å². The van der Waals surface area contributed by atoms with E-state index in [1.165, 1.54) is 0 Å². The van der Waals surface area contributed by atoms with Crippen molar-refractivity contribution in [1.29, 1.82) is 0 Å². The third-order valence-electron chi connectivity index (χ3n) is 2.14. The van der Waals surface area contributed by atoms with Crippen molar-refractivity contribution in [2.24, 2.45) is 5.73 Å². The first kappa shape index (κ1) is 13.4. The Morgan fingerprint density at radius 2 is 1.94 bits per heavy atom. The number of unbranched alkanes of at least 4 members (excludes halogenated alkanes) is 1. The molecule has 0 saturated carbocycles. The quantitative estimate of drug-likeness (QED) is 0.601. The van der Waals surface area contributed by atoms with Crippen LogP contribution in [0.15, 0.2) is 24.3 Å². The van der Waals surface area contributed by atoms with Crippen LogP contribution in [0.3, 0.4) is 0 Å². The first-order chi connectivity index (χ1) is 7.68. The molecule has 0 heterocycles. The lowest BCUT2D eigenvalue weighted by atomic mass is 10.2. The molecule has 1 aromatic carbocycles. The second-order valence-corrected chi connectivity index (χ2v) is 4.56. The maximum atomic E-state index is 5.78. The van der Waals surface area contributed by atoms with Crippen LogP contribution in [0, 0.1) is 0 Å². The molecule has 0 aromatic heterocycles. The standard InChI is InChI=1S/C12H16ClNOS/c13-11-6-4-10(5-7-11)9-15-8-2-1-3-12(14)16/h4-7H,1-3,8-9H2,(H2,14,16). The maximum absolute atomic E-state index is 5.78. The van der Waals surface area contributed by atoms with Gasteiger partial charge < -0.3 is 10.5 Å². The molecule has 2 N–H and O–H groups in total. The number of halogens is 1. The fraction of sp³-hybridized carbons (Fsp3) is 0.417. The van der Waals surface area contributed by atoms with Gasteiger partial charge in [0.25, 0.3) is 0 Å². The Bertz CT molecular complexity index is 326. The van der Waals surface area contributed by atoms with Gasteiger partial charge in [-0.05, 0) is 37.0 Å². The molecule has 0 aliphatic rings. The van der Waals surface area contributed by atoms with E-state index < -0.39 is 0 Å². The maximum Gasteiger partial charge on any atom is 0.0727 e. The Hall–Kier alpha value is -0.640. The summed E-state index contributed by atoms with van der Waals surface area (Å²) in [5, 5.41) is 0.750. The van der Waals surface area contributed by atoms with Crippen LogP contribution in [-0.2, 0) is 11.3 Å². The van der Waals surface area contributed by atoms with E-state index in [2.05, 4.69) is 0 Å². The highest BCUT2D eigenvalue weighted by Gasteiger charge is 1.95. The van der Waals surface area contributed by atoms with Crippen molar-refractivity contribution in [3.63, 3.8) is 0 Å². The van der Waals surface area contributed by atoms with E-state index >= 15 is 0 Å². The topological polar surface area (TPSA) is 35.2 Å². The van der Waals surface area contributed by atoms with Gasteiger partial charge in [0.1, 0.15) is 0 Å². The van der Waals surface area contributed by atoms with E-state index in [9.17, 15) is 0 Å². The van der Waals surface area contributed by atoms with Gasteiger partial charge in [-0.3, -0.25) is 0 Å². The third-order valence-corrected chi connectivity index (χ3v) is 2.60. The molecule has 0 aliphatic carbocycles. The summed E-state index contributed by atoms with van der Waals surface area (Å²) in [5.74, 6) is 0. The summed E-state index contributed by atoms with van der Waals surface area (Å²) < 4.78 is 5.51. The van der Waals surface area contributed by atoms with Gasteiger partial charge in [-0.2, -0.15) is 0 Å². The molecule has 0 fully saturated rings. The lowest BCUT2D eigenvalue weighted by Crippen LogP contribution is -2.07. The van der Waals surface area contributed by atoms with Crippen LogP contribution in [0.25, 0.3) is 0 Å². The van der Waals surface area contributed by atoms with E-state index in [4.69, 9.17) is 34.3 Å². The summed E-state index contributed by atoms with van der Waals surface area (Å²) in [6.07, 6.45) is 2.79. The number of ether oxygens (including phenoxy) is 1. The zero-order valence-corrected chi connectivity index (χ0v) is 10.7. The molecule has 0 amide bonds. The predicted molar refractivity (Wildman–Crippen MR) is 71.7 cm³/mol. The molecule has 0 atom stereocenters. The monoisotopic (exact) mass is 257 g/mol. The van der Waals surface area contributed by atoms with Gasteiger partial charge in [0.2, 0.25) is 0 Å². The summed E-state index contributed by atoms with van der Waals surface area (Å²) in [4.78, 5) is 0.581. The van der Waals surface area contributed by atoms with Gasteiger partial charge in [0, 0.05) is 11.6 Å². The van der Waals surface area contributed by atoms with E-state index in [1.54, 1.807) is 0 Å². The predicted octanol–water partition coefficient (Wildman–Crippen LogP) is 3.31. The number of hydrogen-bond donors (Lipinski definition) is 1. The minimum Gasteiger partial charge on any atom is -0.393 e. The van der Waals surface area contributed by atoms with Crippen molar-refractivity contribution >= 4 is 28.8 Å². The van der Waals surface area contributed by atoms with Gasteiger partial charge in [0.15, 0.2) is 0 Å². The molecule has 1 aromatic rings. The lowest BCUT2D eigenvalue weighted by molar-refractivity contribution is 0.117. The molecule has 0 radical (unpaired) electrons. The van der Waals surface area contributed by atoms with Crippen LogP contribution in [0.4, 0.5) is 0 Å². The van der Waals surface area contributed by atoms with Crippen LogP contribution in [0.1, 0.15) is 24.8 Å². The van der Waals surface area contributed by atoms with Crippen molar-refractivity contribution in [3.05, 3.63) is 34.9 Å². The van der Waals surface area contributed by atoms with Crippen LogP contribution in [-0.4, -0.2) is 11.6 Å². The first-order valence-corrected chi connectivity index (χ1v) is 6.07. The van der Waals surface area contributed by atoms with Crippen molar-refractivity contribution in [2.45, 2.75) is 25.9 Å². The average Bonchev–Trinajstić information content (AvgIpc) is 2.25. The fourth-order valence-corrected chi connectivity index (χ4v) is 1.54. The van der Waals surface area contributed by atoms with Gasteiger partial charge in [0.05, 0.1) is 11.6 Å². The second kappa shape index (κ2) is 7.60. The zero-order chi connectivity index (χ0) is 11.8. The Kier molecular flexibility index (Phi) is 6.38. The normalized spacial score (nSPS) is 10.3. The number of nitrogens with two attached hydrogens (primary N) is 1. The molecule has 0 saturated heterocycles. The first-order valence-electron chi connectivity index (χ1n) is 5.29. The van der Waals surface area contributed by atoms with Gasteiger partial charge in [-0.25, -0.2) is 0 Å². The summed E-state index contributed by atoms with van der Waals surface area (Å²) >= 11 is 10.6. The molecule has 0 unspecified atom stereocenters. The molecule has 0 bridgehead atoms. The molecule has 0 spiro atoms. The molecular weight excluding hydrogens is 242 g/mol. The summed E-state index contributed by atoms with van der Waals surface area (Å²) in [6, 6.07) is 7.68. The van der Waals surface area contributed by atoms with Gasteiger partial charge in [-0.15, -0.1) is 0 Å². The summed E-state index contributed by atoms with van der Waals surface area (Å²) in [5.41, 5.74) is 6.53. The molecule has 2 nitrogen and oxygen atoms in total. The Balaban J connectivity index is 2.07.